The van der Waals surface area contributed by atoms with Crippen LogP contribution in [0.4, 0.5) is 5.69 Å². The Hall–Kier alpha value is -2.52. The lowest BCUT2D eigenvalue weighted by Crippen LogP contribution is -2.50. The van der Waals surface area contributed by atoms with E-state index in [0.29, 0.717) is 0 Å². The van der Waals surface area contributed by atoms with Crippen LogP contribution in [0, 0.1) is 0 Å². The first-order chi connectivity index (χ1) is 10.7. The smallest absolute Gasteiger partial charge is 0.117 e. The average molecular weight is 292 g/mol. The van der Waals surface area contributed by atoms with Crippen LogP contribution in [0.25, 0.3) is 0 Å². The topological polar surface area (TPSA) is 47.3 Å². The molecule has 0 aromatic heterocycles. The van der Waals surface area contributed by atoms with E-state index in [1.165, 1.54) is 0 Å². The molecule has 3 rings (SSSR count). The van der Waals surface area contributed by atoms with E-state index in [1.54, 1.807) is 7.11 Å². The summed E-state index contributed by atoms with van der Waals surface area (Å²) in [6.07, 6.45) is 5.94. The zero-order valence-electron chi connectivity index (χ0n) is 12.6. The van der Waals surface area contributed by atoms with Crippen LogP contribution in [-0.2, 0) is 10.3 Å². The second kappa shape index (κ2) is 6.08. The van der Waals surface area contributed by atoms with Gasteiger partial charge in [-0.05, 0) is 29.8 Å². The van der Waals surface area contributed by atoms with E-state index < -0.39 is 5.54 Å². The summed E-state index contributed by atoms with van der Waals surface area (Å²) in [5.74, 6) is 0.800. The molecule has 3 N–H and O–H groups in total. The molecule has 2 aromatic rings. The molecule has 2 atom stereocenters. The molecule has 0 spiro atoms. The minimum atomic E-state index is -0.539. The van der Waals surface area contributed by atoms with E-state index in [2.05, 4.69) is 23.5 Å². The van der Waals surface area contributed by atoms with Crippen LogP contribution >= 0.6 is 0 Å². The summed E-state index contributed by atoms with van der Waals surface area (Å²) in [5.41, 5.74) is 8.04. The number of benzene rings is 2. The number of ether oxygens (including phenoxy) is 1. The normalized spacial score (nSPS) is 23.7. The number of nitrogens with two attached hydrogens (primary N) is 1. The highest BCUT2D eigenvalue weighted by Gasteiger charge is 2.38. The number of hydrogen-bond acceptors (Lipinski definition) is 3. The number of methoxy groups -OCH3 is 1. The molecular weight excluding hydrogens is 272 g/mol. The molecule has 0 bridgehead atoms. The maximum absolute atomic E-state index is 6.46. The first kappa shape index (κ1) is 14.4. The quantitative estimate of drug-likeness (QED) is 0.907. The van der Waals surface area contributed by atoms with Gasteiger partial charge in [0.1, 0.15) is 11.3 Å². The third-order valence-electron chi connectivity index (χ3n) is 3.98. The zero-order chi connectivity index (χ0) is 15.4. The number of rotatable bonds is 4. The van der Waals surface area contributed by atoms with Gasteiger partial charge in [-0.1, -0.05) is 54.6 Å². The molecule has 3 nitrogen and oxygen atoms in total. The van der Waals surface area contributed by atoms with E-state index in [-0.39, 0.29) is 6.04 Å². The molecule has 22 heavy (non-hydrogen) atoms. The van der Waals surface area contributed by atoms with Crippen molar-refractivity contribution in [2.75, 3.05) is 12.4 Å². The Bertz CT molecular complexity index is 679. The SMILES string of the molecule is COC1=CC(Nc2ccccc2)(c2ccccc2)C(N)C=C1. The maximum atomic E-state index is 6.46. The Kier molecular flexibility index (Phi) is 3.98. The van der Waals surface area contributed by atoms with Gasteiger partial charge in [-0.3, -0.25) is 0 Å². The van der Waals surface area contributed by atoms with Gasteiger partial charge in [-0.2, -0.15) is 0 Å². The van der Waals surface area contributed by atoms with Crippen LogP contribution in [0.1, 0.15) is 5.56 Å². The van der Waals surface area contributed by atoms with Crippen molar-refractivity contribution in [3.63, 3.8) is 0 Å². The molecule has 0 aliphatic heterocycles. The predicted octanol–water partition coefficient (Wildman–Crippen LogP) is 3.42. The molecule has 2 aromatic carbocycles. The lowest BCUT2D eigenvalue weighted by Gasteiger charge is -2.39. The Morgan fingerprint density at radius 2 is 1.64 bits per heavy atom. The van der Waals surface area contributed by atoms with Crippen molar-refractivity contribution in [3.05, 3.63) is 90.2 Å². The molecule has 0 fully saturated rings. The van der Waals surface area contributed by atoms with Crippen LogP contribution in [-0.4, -0.2) is 13.2 Å². The maximum Gasteiger partial charge on any atom is 0.117 e. The fourth-order valence-corrected chi connectivity index (χ4v) is 2.79. The summed E-state index contributed by atoms with van der Waals surface area (Å²) >= 11 is 0. The zero-order valence-corrected chi connectivity index (χ0v) is 12.6. The van der Waals surface area contributed by atoms with Gasteiger partial charge >= 0.3 is 0 Å². The van der Waals surface area contributed by atoms with E-state index in [1.807, 2.05) is 60.7 Å². The third kappa shape index (κ3) is 2.63. The highest BCUT2D eigenvalue weighted by molar-refractivity contribution is 5.54. The molecule has 2 unspecified atom stereocenters. The fourth-order valence-electron chi connectivity index (χ4n) is 2.79. The predicted molar refractivity (Wildman–Crippen MR) is 90.4 cm³/mol. The third-order valence-corrected chi connectivity index (χ3v) is 3.98. The molecule has 0 saturated carbocycles. The molecular formula is C19H20N2O. The largest absolute Gasteiger partial charge is 0.497 e. The van der Waals surface area contributed by atoms with E-state index in [4.69, 9.17) is 10.5 Å². The molecule has 0 saturated heterocycles. The van der Waals surface area contributed by atoms with Crippen LogP contribution in [0.5, 0.6) is 0 Å². The summed E-state index contributed by atoms with van der Waals surface area (Å²) in [5, 5.41) is 3.59. The van der Waals surface area contributed by atoms with Crippen molar-refractivity contribution in [1.29, 1.82) is 0 Å². The lowest BCUT2D eigenvalue weighted by molar-refractivity contribution is 0.295. The van der Waals surface area contributed by atoms with Gasteiger partial charge in [0.2, 0.25) is 0 Å². The van der Waals surface area contributed by atoms with Crippen molar-refractivity contribution in [3.8, 4) is 0 Å². The molecule has 1 aliphatic carbocycles. The van der Waals surface area contributed by atoms with Gasteiger partial charge < -0.3 is 15.8 Å². The van der Waals surface area contributed by atoms with Crippen LogP contribution in [0.15, 0.2) is 84.7 Å². The number of nitrogens with one attached hydrogen (secondary N) is 1. The number of anilines is 1. The van der Waals surface area contributed by atoms with Crippen LogP contribution < -0.4 is 11.1 Å². The molecule has 3 heteroatoms. The minimum absolute atomic E-state index is 0.200. The Balaban J connectivity index is 2.10. The minimum Gasteiger partial charge on any atom is -0.497 e. The molecule has 1 aliphatic rings. The standard InChI is InChI=1S/C19H20N2O/c1-22-17-12-13-18(20)19(14-17,15-8-4-2-5-9-15)21-16-10-6-3-7-11-16/h2-14,18,21H,20H2,1H3. The average Bonchev–Trinajstić information content (AvgIpc) is 2.58. The Labute approximate surface area is 131 Å². The van der Waals surface area contributed by atoms with E-state index in [0.717, 1.165) is 17.0 Å². The highest BCUT2D eigenvalue weighted by atomic mass is 16.5. The summed E-state index contributed by atoms with van der Waals surface area (Å²) in [6.45, 7) is 0. The van der Waals surface area contributed by atoms with Crippen molar-refractivity contribution in [1.82, 2.24) is 0 Å². The fraction of sp³-hybridized carbons (Fsp3) is 0.158. The van der Waals surface area contributed by atoms with Crippen molar-refractivity contribution >= 4 is 5.69 Å². The first-order valence-electron chi connectivity index (χ1n) is 7.34. The first-order valence-corrected chi connectivity index (χ1v) is 7.34. The number of para-hydroxylation sites is 1. The lowest BCUT2D eigenvalue weighted by atomic mass is 9.79. The summed E-state index contributed by atoms with van der Waals surface area (Å²) in [4.78, 5) is 0. The van der Waals surface area contributed by atoms with Crippen LogP contribution in [0.2, 0.25) is 0 Å². The van der Waals surface area contributed by atoms with Gasteiger partial charge in [0, 0.05) is 5.69 Å². The van der Waals surface area contributed by atoms with Gasteiger partial charge in [-0.25, -0.2) is 0 Å². The van der Waals surface area contributed by atoms with E-state index >= 15 is 0 Å². The highest BCUT2D eigenvalue weighted by Crippen LogP contribution is 2.35. The van der Waals surface area contributed by atoms with Gasteiger partial charge in [0.05, 0.1) is 13.2 Å². The van der Waals surface area contributed by atoms with Crippen molar-refractivity contribution < 1.29 is 4.74 Å². The summed E-state index contributed by atoms with van der Waals surface area (Å²) < 4.78 is 5.43. The molecule has 0 amide bonds. The Morgan fingerprint density at radius 3 is 2.27 bits per heavy atom. The number of allylic oxidation sites excluding steroid dienone is 1. The van der Waals surface area contributed by atoms with Gasteiger partial charge in [0.15, 0.2) is 0 Å². The summed E-state index contributed by atoms with van der Waals surface area (Å²) in [7, 11) is 1.67. The van der Waals surface area contributed by atoms with Crippen LogP contribution in [0.3, 0.4) is 0 Å². The Morgan fingerprint density at radius 1 is 1.00 bits per heavy atom. The molecule has 112 valence electrons. The van der Waals surface area contributed by atoms with E-state index in [9.17, 15) is 0 Å². The second-order valence-corrected chi connectivity index (χ2v) is 5.36. The van der Waals surface area contributed by atoms with Gasteiger partial charge in [0.25, 0.3) is 0 Å². The van der Waals surface area contributed by atoms with Crippen molar-refractivity contribution in [2.45, 2.75) is 11.6 Å². The monoisotopic (exact) mass is 292 g/mol. The second-order valence-electron chi connectivity index (χ2n) is 5.36. The molecule has 0 radical (unpaired) electrons. The summed E-state index contributed by atoms with van der Waals surface area (Å²) in [6, 6.07) is 20.1. The van der Waals surface area contributed by atoms with Crippen molar-refractivity contribution in [2.24, 2.45) is 5.73 Å². The van der Waals surface area contributed by atoms with Gasteiger partial charge in [-0.15, -0.1) is 0 Å². The molecule has 0 heterocycles. The number of hydrogen-bond donors (Lipinski definition) is 2.